The second-order valence-corrected chi connectivity index (χ2v) is 7.87. The van der Waals surface area contributed by atoms with Crippen molar-refractivity contribution in [3.8, 4) is 5.75 Å². The third-order valence-electron chi connectivity index (χ3n) is 5.68. The molecule has 7 heteroatoms. The zero-order valence-corrected chi connectivity index (χ0v) is 17.5. The number of rotatable bonds is 7. The summed E-state index contributed by atoms with van der Waals surface area (Å²) >= 11 is 0. The number of carbonyl (C=O) groups is 2. The third-order valence-corrected chi connectivity index (χ3v) is 5.68. The molecule has 0 aromatic heterocycles. The SMILES string of the molecule is COCC(=O)N1CCC(Oc2ccc(C(=O)N3CCC[C@H](COC)C3)cc2)CC1. The van der Waals surface area contributed by atoms with Crippen LogP contribution in [0.25, 0.3) is 0 Å². The predicted molar refractivity (Wildman–Crippen MR) is 109 cm³/mol. The summed E-state index contributed by atoms with van der Waals surface area (Å²) in [6.07, 6.45) is 3.81. The normalized spacial score (nSPS) is 20.6. The van der Waals surface area contributed by atoms with Crippen LogP contribution in [-0.4, -0.2) is 81.3 Å². The first-order valence-corrected chi connectivity index (χ1v) is 10.4. The number of benzene rings is 1. The van der Waals surface area contributed by atoms with Gasteiger partial charge in [0.05, 0.1) is 6.61 Å². The van der Waals surface area contributed by atoms with Gasteiger partial charge in [-0.1, -0.05) is 0 Å². The van der Waals surface area contributed by atoms with Crippen LogP contribution in [-0.2, 0) is 14.3 Å². The molecule has 160 valence electrons. The van der Waals surface area contributed by atoms with Crippen LogP contribution in [0.5, 0.6) is 5.75 Å². The molecule has 0 unspecified atom stereocenters. The molecule has 2 fully saturated rings. The molecule has 2 saturated heterocycles. The summed E-state index contributed by atoms with van der Waals surface area (Å²) in [6, 6.07) is 7.42. The quantitative estimate of drug-likeness (QED) is 0.697. The second-order valence-electron chi connectivity index (χ2n) is 7.87. The molecule has 29 heavy (non-hydrogen) atoms. The van der Waals surface area contributed by atoms with Crippen molar-refractivity contribution in [2.45, 2.75) is 31.8 Å². The van der Waals surface area contributed by atoms with E-state index in [0.29, 0.717) is 31.2 Å². The highest BCUT2D eigenvalue weighted by molar-refractivity contribution is 5.94. The maximum Gasteiger partial charge on any atom is 0.253 e. The van der Waals surface area contributed by atoms with Crippen molar-refractivity contribution in [2.24, 2.45) is 5.92 Å². The van der Waals surface area contributed by atoms with Crippen LogP contribution in [0.3, 0.4) is 0 Å². The number of hydrogen-bond acceptors (Lipinski definition) is 5. The Morgan fingerprint density at radius 1 is 0.966 bits per heavy atom. The minimum Gasteiger partial charge on any atom is -0.490 e. The lowest BCUT2D eigenvalue weighted by Crippen LogP contribution is -2.43. The van der Waals surface area contributed by atoms with Crippen molar-refractivity contribution in [3.05, 3.63) is 29.8 Å². The number of hydrogen-bond donors (Lipinski definition) is 0. The van der Waals surface area contributed by atoms with Gasteiger partial charge in [-0.05, 0) is 43.0 Å². The van der Waals surface area contributed by atoms with Crippen molar-refractivity contribution < 1.29 is 23.8 Å². The van der Waals surface area contributed by atoms with E-state index in [9.17, 15) is 9.59 Å². The molecule has 0 aliphatic carbocycles. The molecular weight excluding hydrogens is 372 g/mol. The van der Waals surface area contributed by atoms with Crippen LogP contribution in [0.2, 0.25) is 0 Å². The van der Waals surface area contributed by atoms with Gasteiger partial charge in [0.15, 0.2) is 0 Å². The van der Waals surface area contributed by atoms with E-state index < -0.39 is 0 Å². The van der Waals surface area contributed by atoms with E-state index in [1.165, 1.54) is 7.11 Å². The molecule has 1 aromatic carbocycles. The molecule has 0 bridgehead atoms. The van der Waals surface area contributed by atoms with E-state index in [2.05, 4.69) is 0 Å². The van der Waals surface area contributed by atoms with Gasteiger partial charge in [0.25, 0.3) is 5.91 Å². The molecule has 2 aliphatic heterocycles. The summed E-state index contributed by atoms with van der Waals surface area (Å²) in [5.41, 5.74) is 0.690. The standard InChI is InChI=1S/C22H32N2O5/c1-27-15-17-4-3-11-24(14-17)22(26)18-5-7-19(8-6-18)29-20-9-12-23(13-10-20)21(25)16-28-2/h5-8,17,20H,3-4,9-16H2,1-2H3/t17-/m0/s1. The fourth-order valence-corrected chi connectivity index (χ4v) is 4.11. The van der Waals surface area contributed by atoms with Crippen LogP contribution in [0.4, 0.5) is 0 Å². The topological polar surface area (TPSA) is 68.3 Å². The average Bonchev–Trinajstić information content (AvgIpc) is 2.75. The molecule has 2 aliphatic rings. The molecule has 0 spiro atoms. The monoisotopic (exact) mass is 404 g/mol. The molecule has 1 atom stereocenters. The maximum absolute atomic E-state index is 12.8. The number of methoxy groups -OCH3 is 2. The van der Waals surface area contributed by atoms with Gasteiger partial charge in [0, 0.05) is 58.8 Å². The van der Waals surface area contributed by atoms with Crippen molar-refractivity contribution in [3.63, 3.8) is 0 Å². The number of nitrogens with zero attached hydrogens (tertiary/aromatic N) is 2. The van der Waals surface area contributed by atoms with Crippen LogP contribution < -0.4 is 4.74 Å². The van der Waals surface area contributed by atoms with E-state index in [0.717, 1.165) is 44.5 Å². The van der Waals surface area contributed by atoms with Gasteiger partial charge < -0.3 is 24.0 Å². The lowest BCUT2D eigenvalue weighted by Gasteiger charge is -2.33. The van der Waals surface area contributed by atoms with Crippen molar-refractivity contribution in [1.29, 1.82) is 0 Å². The molecule has 2 amide bonds. The highest BCUT2D eigenvalue weighted by atomic mass is 16.5. The fraction of sp³-hybridized carbons (Fsp3) is 0.636. The Morgan fingerprint density at radius 2 is 1.69 bits per heavy atom. The summed E-state index contributed by atoms with van der Waals surface area (Å²) in [6.45, 7) is 3.75. The molecule has 0 N–H and O–H groups in total. The van der Waals surface area contributed by atoms with Crippen LogP contribution >= 0.6 is 0 Å². The molecule has 7 nitrogen and oxygen atoms in total. The Bertz CT molecular complexity index is 668. The third kappa shape index (κ3) is 5.93. The van der Waals surface area contributed by atoms with Crippen molar-refractivity contribution in [2.75, 3.05) is 53.6 Å². The zero-order chi connectivity index (χ0) is 20.6. The zero-order valence-electron chi connectivity index (χ0n) is 17.5. The summed E-state index contributed by atoms with van der Waals surface area (Å²) in [4.78, 5) is 28.4. The van der Waals surface area contributed by atoms with Gasteiger partial charge in [0.2, 0.25) is 5.91 Å². The van der Waals surface area contributed by atoms with Gasteiger partial charge in [-0.3, -0.25) is 9.59 Å². The first-order valence-electron chi connectivity index (χ1n) is 10.4. The number of amides is 2. The number of carbonyl (C=O) groups excluding carboxylic acids is 2. The first kappa shape index (κ1) is 21.6. The fourth-order valence-electron chi connectivity index (χ4n) is 4.11. The Morgan fingerprint density at radius 3 is 2.34 bits per heavy atom. The average molecular weight is 405 g/mol. The first-order chi connectivity index (χ1) is 14.1. The summed E-state index contributed by atoms with van der Waals surface area (Å²) in [5, 5.41) is 0. The lowest BCUT2D eigenvalue weighted by molar-refractivity contribution is -0.136. The minimum atomic E-state index is 0.0271. The van der Waals surface area contributed by atoms with Crippen molar-refractivity contribution in [1.82, 2.24) is 9.80 Å². The summed E-state index contributed by atoms with van der Waals surface area (Å²) in [5.74, 6) is 1.28. The largest absolute Gasteiger partial charge is 0.490 e. The van der Waals surface area contributed by atoms with Crippen molar-refractivity contribution >= 4 is 11.8 Å². The lowest BCUT2D eigenvalue weighted by atomic mass is 9.98. The van der Waals surface area contributed by atoms with Gasteiger partial charge in [-0.25, -0.2) is 0 Å². The molecule has 2 heterocycles. The van der Waals surface area contributed by atoms with Crippen LogP contribution in [0.15, 0.2) is 24.3 Å². The van der Waals surface area contributed by atoms with Gasteiger partial charge in [0.1, 0.15) is 18.5 Å². The second kappa shape index (κ2) is 10.6. The van der Waals surface area contributed by atoms with E-state index in [-0.39, 0.29) is 24.5 Å². The number of ether oxygens (including phenoxy) is 3. The molecular formula is C22H32N2O5. The Balaban J connectivity index is 1.49. The van der Waals surface area contributed by atoms with Gasteiger partial charge in [-0.15, -0.1) is 0 Å². The van der Waals surface area contributed by atoms with Crippen LogP contribution in [0.1, 0.15) is 36.0 Å². The maximum atomic E-state index is 12.8. The number of piperidine rings is 2. The highest BCUT2D eigenvalue weighted by Gasteiger charge is 2.25. The van der Waals surface area contributed by atoms with Crippen LogP contribution in [0, 0.1) is 5.92 Å². The molecule has 1 aromatic rings. The smallest absolute Gasteiger partial charge is 0.253 e. The van der Waals surface area contributed by atoms with E-state index in [4.69, 9.17) is 14.2 Å². The highest BCUT2D eigenvalue weighted by Crippen LogP contribution is 2.22. The van der Waals surface area contributed by atoms with E-state index in [1.54, 1.807) is 7.11 Å². The summed E-state index contributed by atoms with van der Waals surface area (Å²) < 4.78 is 16.2. The van der Waals surface area contributed by atoms with E-state index in [1.807, 2.05) is 34.1 Å². The van der Waals surface area contributed by atoms with Gasteiger partial charge >= 0.3 is 0 Å². The van der Waals surface area contributed by atoms with Gasteiger partial charge in [-0.2, -0.15) is 0 Å². The minimum absolute atomic E-state index is 0.0271. The van der Waals surface area contributed by atoms with E-state index >= 15 is 0 Å². The molecule has 0 radical (unpaired) electrons. The Kier molecular flexibility index (Phi) is 7.89. The Labute approximate surface area is 172 Å². The predicted octanol–water partition coefficient (Wildman–Crippen LogP) is 2.20. The molecule has 3 rings (SSSR count). The summed E-state index contributed by atoms with van der Waals surface area (Å²) in [7, 11) is 3.24. The Hall–Kier alpha value is -2.12. The number of likely N-dealkylation sites (tertiary alicyclic amines) is 2. The molecule has 0 saturated carbocycles.